The van der Waals surface area contributed by atoms with Gasteiger partial charge in [-0.1, -0.05) is 5.16 Å². The minimum absolute atomic E-state index is 0.0646. The topological polar surface area (TPSA) is 160 Å². The van der Waals surface area contributed by atoms with Crippen LogP contribution in [0.5, 0.6) is 5.75 Å². The number of hydrogen-bond acceptors (Lipinski definition) is 10. The molecule has 1 aromatic carbocycles. The van der Waals surface area contributed by atoms with Crippen LogP contribution in [0.15, 0.2) is 50.9 Å². The van der Waals surface area contributed by atoms with Crippen LogP contribution in [0, 0.1) is 6.92 Å². The Balaban J connectivity index is 1.30. The molecule has 38 heavy (non-hydrogen) atoms. The van der Waals surface area contributed by atoms with Gasteiger partial charge in [0, 0.05) is 50.0 Å². The number of hydrogen-bond donors (Lipinski definition) is 2. The lowest BCUT2D eigenvalue weighted by Crippen LogP contribution is -2.57. The van der Waals surface area contributed by atoms with E-state index in [0.29, 0.717) is 48.1 Å². The SMILES string of the molecule is COc1cc(NC(=O)C(=O)NC(C)(C)CN2CCN(S(=O)(=O)c3conc3C)CC2)ccc1-c1cnco1. The summed E-state index contributed by atoms with van der Waals surface area (Å²) in [7, 11) is -2.20. The third-order valence-electron chi connectivity index (χ3n) is 6.09. The molecule has 2 amide bonds. The Bertz CT molecular complexity index is 1390. The zero-order chi connectivity index (χ0) is 27.5. The molecule has 0 unspecified atom stereocenters. The summed E-state index contributed by atoms with van der Waals surface area (Å²) in [6.07, 6.45) is 3.99. The first kappa shape index (κ1) is 27.3. The summed E-state index contributed by atoms with van der Waals surface area (Å²) < 4.78 is 42.5. The van der Waals surface area contributed by atoms with Gasteiger partial charge >= 0.3 is 11.8 Å². The van der Waals surface area contributed by atoms with Gasteiger partial charge in [-0.2, -0.15) is 4.31 Å². The van der Waals surface area contributed by atoms with Crippen LogP contribution in [0.25, 0.3) is 11.3 Å². The fourth-order valence-electron chi connectivity index (χ4n) is 4.27. The Morgan fingerprint density at radius 2 is 1.89 bits per heavy atom. The molecule has 2 aromatic heterocycles. The van der Waals surface area contributed by atoms with Crippen molar-refractivity contribution in [1.29, 1.82) is 0 Å². The highest BCUT2D eigenvalue weighted by molar-refractivity contribution is 7.89. The van der Waals surface area contributed by atoms with Crippen molar-refractivity contribution < 1.29 is 31.7 Å². The van der Waals surface area contributed by atoms with Gasteiger partial charge in [-0.15, -0.1) is 0 Å². The largest absolute Gasteiger partial charge is 0.496 e. The van der Waals surface area contributed by atoms with Crippen LogP contribution >= 0.6 is 0 Å². The first-order valence-corrected chi connectivity index (χ1v) is 13.3. The van der Waals surface area contributed by atoms with Gasteiger partial charge < -0.3 is 24.3 Å². The predicted molar refractivity (Wildman–Crippen MR) is 136 cm³/mol. The van der Waals surface area contributed by atoms with E-state index < -0.39 is 27.4 Å². The summed E-state index contributed by atoms with van der Waals surface area (Å²) in [5.74, 6) is -0.670. The molecule has 0 radical (unpaired) electrons. The fraction of sp³-hybridized carbons (Fsp3) is 0.417. The molecule has 1 saturated heterocycles. The minimum Gasteiger partial charge on any atom is -0.496 e. The summed E-state index contributed by atoms with van der Waals surface area (Å²) in [5, 5.41) is 8.99. The molecule has 204 valence electrons. The van der Waals surface area contributed by atoms with Gasteiger partial charge in [0.05, 0.1) is 18.9 Å². The number of ether oxygens (including phenoxy) is 1. The van der Waals surface area contributed by atoms with Crippen molar-refractivity contribution in [3.8, 4) is 17.1 Å². The smallest absolute Gasteiger partial charge is 0.313 e. The van der Waals surface area contributed by atoms with Gasteiger partial charge in [0.1, 0.15) is 22.6 Å². The predicted octanol–water partition coefficient (Wildman–Crippen LogP) is 1.49. The number of anilines is 1. The van der Waals surface area contributed by atoms with E-state index in [0.717, 1.165) is 6.26 Å². The lowest BCUT2D eigenvalue weighted by Gasteiger charge is -2.38. The zero-order valence-corrected chi connectivity index (χ0v) is 22.4. The molecule has 0 saturated carbocycles. The van der Waals surface area contributed by atoms with Crippen molar-refractivity contribution in [2.45, 2.75) is 31.2 Å². The van der Waals surface area contributed by atoms with Crippen molar-refractivity contribution in [2.24, 2.45) is 0 Å². The Morgan fingerprint density at radius 3 is 2.50 bits per heavy atom. The second-order valence-electron chi connectivity index (χ2n) is 9.52. The zero-order valence-electron chi connectivity index (χ0n) is 21.6. The number of piperazine rings is 1. The molecule has 4 rings (SSSR count). The number of oxazole rings is 1. The highest BCUT2D eigenvalue weighted by Crippen LogP contribution is 2.32. The van der Waals surface area contributed by atoms with Crippen LogP contribution in [-0.2, 0) is 19.6 Å². The third-order valence-corrected chi connectivity index (χ3v) is 8.08. The number of sulfonamides is 1. The average Bonchev–Trinajstić information content (AvgIpc) is 3.56. The maximum Gasteiger partial charge on any atom is 0.313 e. The fourth-order valence-corrected chi connectivity index (χ4v) is 5.77. The number of amides is 2. The van der Waals surface area contributed by atoms with Gasteiger partial charge in [0.25, 0.3) is 0 Å². The molecule has 14 heteroatoms. The van der Waals surface area contributed by atoms with Gasteiger partial charge in [0.2, 0.25) is 10.0 Å². The van der Waals surface area contributed by atoms with E-state index in [-0.39, 0.29) is 18.0 Å². The maximum absolute atomic E-state index is 12.8. The van der Waals surface area contributed by atoms with Gasteiger partial charge in [0.15, 0.2) is 12.2 Å². The molecule has 2 N–H and O–H groups in total. The van der Waals surface area contributed by atoms with Crippen LogP contribution in [0.2, 0.25) is 0 Å². The van der Waals surface area contributed by atoms with E-state index in [4.69, 9.17) is 13.7 Å². The molecule has 0 atom stereocenters. The number of nitrogens with one attached hydrogen (secondary N) is 2. The number of aromatic nitrogens is 2. The normalized spacial score (nSPS) is 15.3. The molecule has 1 aliphatic rings. The molecular formula is C24H30N6O7S. The standard InChI is InChI=1S/C24H30N6O7S/c1-16-21(13-37-28-16)38(33,34)30-9-7-29(8-10-30)14-24(2,3)27-23(32)22(31)26-17-5-6-18(19(11-17)35-4)20-12-25-15-36-20/h5-6,11-13,15H,7-10,14H2,1-4H3,(H,26,31)(H,27,32). The van der Waals surface area contributed by atoms with E-state index in [2.05, 4.69) is 20.8 Å². The summed E-state index contributed by atoms with van der Waals surface area (Å²) in [4.78, 5) is 31.3. The Hall–Kier alpha value is -3.75. The highest BCUT2D eigenvalue weighted by Gasteiger charge is 2.34. The lowest BCUT2D eigenvalue weighted by atomic mass is 10.0. The van der Waals surface area contributed by atoms with Crippen LogP contribution in [-0.4, -0.2) is 85.0 Å². The van der Waals surface area contributed by atoms with Crippen molar-refractivity contribution in [3.05, 3.63) is 42.7 Å². The number of carbonyl (C=O) groups excluding carboxylic acids is 2. The summed E-state index contributed by atoms with van der Waals surface area (Å²) in [6.45, 7) is 7.10. The maximum atomic E-state index is 12.8. The number of methoxy groups -OCH3 is 1. The van der Waals surface area contributed by atoms with Crippen molar-refractivity contribution >= 4 is 27.5 Å². The van der Waals surface area contributed by atoms with E-state index >= 15 is 0 Å². The number of aryl methyl sites for hydroxylation is 1. The van der Waals surface area contributed by atoms with Gasteiger partial charge in [-0.3, -0.25) is 14.5 Å². The lowest BCUT2D eigenvalue weighted by molar-refractivity contribution is -0.137. The monoisotopic (exact) mass is 546 g/mol. The Labute approximate surface area is 220 Å². The summed E-state index contributed by atoms with van der Waals surface area (Å²) in [6, 6.07) is 4.91. The van der Waals surface area contributed by atoms with Crippen molar-refractivity contribution in [2.75, 3.05) is 45.2 Å². The number of nitrogens with zero attached hydrogens (tertiary/aromatic N) is 4. The van der Waals surface area contributed by atoms with E-state index in [1.54, 1.807) is 45.2 Å². The second kappa shape index (κ2) is 10.9. The van der Waals surface area contributed by atoms with E-state index in [9.17, 15) is 18.0 Å². The molecule has 0 bridgehead atoms. The third kappa shape index (κ3) is 6.03. The molecular weight excluding hydrogens is 516 g/mol. The molecule has 1 fully saturated rings. The van der Waals surface area contributed by atoms with Crippen molar-refractivity contribution in [3.63, 3.8) is 0 Å². The second-order valence-corrected chi connectivity index (χ2v) is 11.4. The highest BCUT2D eigenvalue weighted by atomic mass is 32.2. The van der Waals surface area contributed by atoms with Crippen LogP contribution in [0.1, 0.15) is 19.5 Å². The molecule has 3 heterocycles. The molecule has 0 aliphatic carbocycles. The van der Waals surface area contributed by atoms with E-state index in [1.165, 1.54) is 17.8 Å². The molecule has 1 aliphatic heterocycles. The minimum atomic E-state index is -3.69. The first-order valence-electron chi connectivity index (χ1n) is 11.8. The van der Waals surface area contributed by atoms with Gasteiger partial charge in [-0.25, -0.2) is 13.4 Å². The van der Waals surface area contributed by atoms with Crippen LogP contribution < -0.4 is 15.4 Å². The number of rotatable bonds is 8. The van der Waals surface area contributed by atoms with Crippen molar-refractivity contribution in [1.82, 2.24) is 24.7 Å². The average molecular weight is 547 g/mol. The first-order chi connectivity index (χ1) is 18.0. The molecule has 0 spiro atoms. The Kier molecular flexibility index (Phi) is 7.85. The van der Waals surface area contributed by atoms with E-state index in [1.807, 2.05) is 4.90 Å². The quantitative estimate of drug-likeness (QED) is 0.396. The molecule has 3 aromatic rings. The molecule has 13 nitrogen and oxygen atoms in total. The number of carbonyl (C=O) groups is 2. The van der Waals surface area contributed by atoms with Crippen LogP contribution in [0.3, 0.4) is 0 Å². The van der Waals surface area contributed by atoms with Crippen LogP contribution in [0.4, 0.5) is 5.69 Å². The summed E-state index contributed by atoms with van der Waals surface area (Å²) >= 11 is 0. The summed E-state index contributed by atoms with van der Waals surface area (Å²) in [5.41, 5.74) is 0.592. The van der Waals surface area contributed by atoms with Gasteiger partial charge in [-0.05, 0) is 32.9 Å². The number of benzene rings is 1. The Morgan fingerprint density at radius 1 is 1.16 bits per heavy atom.